The zero-order valence-electron chi connectivity index (χ0n) is 13.0. The first-order valence-corrected chi connectivity index (χ1v) is 7.23. The lowest BCUT2D eigenvalue weighted by Crippen LogP contribution is -2.51. The minimum absolute atomic E-state index is 0.144. The highest BCUT2D eigenvalue weighted by Crippen LogP contribution is 2.29. The summed E-state index contributed by atoms with van der Waals surface area (Å²) >= 11 is 0. The number of hydrogen-bond acceptors (Lipinski definition) is 5. The lowest BCUT2D eigenvalue weighted by atomic mass is 9.96. The second kappa shape index (κ2) is 7.17. The number of halogens is 1. The quantitative estimate of drug-likeness (QED) is 0.626. The maximum atomic E-state index is 13.6. The predicted molar refractivity (Wildman–Crippen MR) is 81.5 cm³/mol. The number of benzene rings is 1. The van der Waals surface area contributed by atoms with Gasteiger partial charge in [-0.05, 0) is 38.7 Å². The van der Waals surface area contributed by atoms with Crippen molar-refractivity contribution in [1.82, 2.24) is 15.2 Å². The van der Waals surface area contributed by atoms with Gasteiger partial charge in [0.25, 0.3) is 0 Å². The SMILES string of the molecule is COc1ccc(F)cc1C(CC1CN(C)CCN1C)NN. The van der Waals surface area contributed by atoms with Gasteiger partial charge in [0.15, 0.2) is 0 Å². The van der Waals surface area contributed by atoms with Crippen LogP contribution in [0.2, 0.25) is 0 Å². The molecule has 0 radical (unpaired) electrons. The van der Waals surface area contributed by atoms with Crippen LogP contribution < -0.4 is 16.0 Å². The third kappa shape index (κ3) is 3.91. The molecule has 2 unspecified atom stereocenters. The first kappa shape index (κ1) is 16.2. The van der Waals surface area contributed by atoms with Gasteiger partial charge in [-0.25, -0.2) is 4.39 Å². The number of hydrogen-bond donors (Lipinski definition) is 2. The molecule has 1 fully saturated rings. The molecule has 0 bridgehead atoms. The Morgan fingerprint density at radius 2 is 2.19 bits per heavy atom. The highest BCUT2D eigenvalue weighted by Gasteiger charge is 2.27. The van der Waals surface area contributed by atoms with Crippen LogP contribution in [0.5, 0.6) is 5.75 Å². The molecule has 1 aromatic rings. The van der Waals surface area contributed by atoms with E-state index in [-0.39, 0.29) is 11.9 Å². The van der Waals surface area contributed by atoms with E-state index in [1.54, 1.807) is 13.2 Å². The molecule has 1 aliphatic heterocycles. The van der Waals surface area contributed by atoms with Crippen LogP contribution in [0, 0.1) is 5.82 Å². The van der Waals surface area contributed by atoms with Crippen molar-refractivity contribution in [3.63, 3.8) is 0 Å². The highest BCUT2D eigenvalue weighted by atomic mass is 19.1. The molecular weight excluding hydrogens is 271 g/mol. The Balaban J connectivity index is 2.17. The van der Waals surface area contributed by atoms with E-state index in [4.69, 9.17) is 10.6 Å². The van der Waals surface area contributed by atoms with Crippen LogP contribution in [0.4, 0.5) is 4.39 Å². The maximum absolute atomic E-state index is 13.6. The maximum Gasteiger partial charge on any atom is 0.123 e. The Morgan fingerprint density at radius 1 is 1.43 bits per heavy atom. The van der Waals surface area contributed by atoms with E-state index in [0.29, 0.717) is 11.8 Å². The standard InChI is InChI=1S/C15H25FN4O/c1-19-6-7-20(2)12(10-19)9-14(18-17)13-8-11(16)4-5-15(13)21-3/h4-5,8,12,14,18H,6-7,9-10,17H2,1-3H3. The largest absolute Gasteiger partial charge is 0.496 e. The zero-order chi connectivity index (χ0) is 15.4. The molecule has 118 valence electrons. The summed E-state index contributed by atoms with van der Waals surface area (Å²) < 4.78 is 18.9. The van der Waals surface area contributed by atoms with Gasteiger partial charge in [0.05, 0.1) is 13.2 Å². The van der Waals surface area contributed by atoms with Gasteiger partial charge in [0.2, 0.25) is 0 Å². The molecule has 5 nitrogen and oxygen atoms in total. The third-order valence-electron chi connectivity index (χ3n) is 4.26. The van der Waals surface area contributed by atoms with Crippen molar-refractivity contribution >= 4 is 0 Å². The highest BCUT2D eigenvalue weighted by molar-refractivity contribution is 5.36. The van der Waals surface area contributed by atoms with Crippen molar-refractivity contribution < 1.29 is 9.13 Å². The third-order valence-corrected chi connectivity index (χ3v) is 4.26. The zero-order valence-corrected chi connectivity index (χ0v) is 13.0. The number of methoxy groups -OCH3 is 1. The molecule has 6 heteroatoms. The average molecular weight is 296 g/mol. The van der Waals surface area contributed by atoms with Crippen LogP contribution in [-0.2, 0) is 0 Å². The van der Waals surface area contributed by atoms with Gasteiger partial charge in [0, 0.05) is 31.2 Å². The van der Waals surface area contributed by atoms with Crippen LogP contribution in [0.25, 0.3) is 0 Å². The van der Waals surface area contributed by atoms with Gasteiger partial charge in [-0.1, -0.05) is 0 Å². The summed E-state index contributed by atoms with van der Waals surface area (Å²) in [6, 6.07) is 4.77. The monoisotopic (exact) mass is 296 g/mol. The summed E-state index contributed by atoms with van der Waals surface area (Å²) in [7, 11) is 5.83. The number of ether oxygens (including phenoxy) is 1. The summed E-state index contributed by atoms with van der Waals surface area (Å²) in [6.07, 6.45) is 0.803. The minimum Gasteiger partial charge on any atom is -0.496 e. The fourth-order valence-electron chi connectivity index (χ4n) is 2.89. The van der Waals surface area contributed by atoms with Crippen LogP contribution in [0.1, 0.15) is 18.0 Å². The molecule has 0 spiro atoms. The first-order chi connectivity index (χ1) is 10.0. The van der Waals surface area contributed by atoms with Crippen LogP contribution in [-0.4, -0.2) is 56.7 Å². The van der Waals surface area contributed by atoms with Gasteiger partial charge in [-0.3, -0.25) is 11.3 Å². The van der Waals surface area contributed by atoms with E-state index >= 15 is 0 Å². The smallest absolute Gasteiger partial charge is 0.123 e. The van der Waals surface area contributed by atoms with Crippen molar-refractivity contribution in [3.05, 3.63) is 29.6 Å². The number of nitrogens with zero attached hydrogens (tertiary/aromatic N) is 2. The molecular formula is C15H25FN4O. The Hall–Kier alpha value is -1.21. The molecule has 1 saturated heterocycles. The summed E-state index contributed by atoms with van der Waals surface area (Å²) in [4.78, 5) is 4.64. The van der Waals surface area contributed by atoms with E-state index in [2.05, 4.69) is 29.3 Å². The molecule has 1 aromatic carbocycles. The number of nitrogens with one attached hydrogen (secondary N) is 1. The van der Waals surface area contributed by atoms with Gasteiger partial charge in [0.1, 0.15) is 11.6 Å². The fraction of sp³-hybridized carbons (Fsp3) is 0.600. The Morgan fingerprint density at radius 3 is 2.86 bits per heavy atom. The summed E-state index contributed by atoms with van der Waals surface area (Å²) in [5.74, 6) is 6.10. The van der Waals surface area contributed by atoms with Crippen LogP contribution in [0.15, 0.2) is 18.2 Å². The summed E-state index contributed by atoms with van der Waals surface area (Å²) in [5, 5.41) is 0. The van der Waals surface area contributed by atoms with Crippen molar-refractivity contribution in [2.45, 2.75) is 18.5 Å². The topological polar surface area (TPSA) is 53.8 Å². The summed E-state index contributed by atoms with van der Waals surface area (Å²) in [6.45, 7) is 3.07. The first-order valence-electron chi connectivity index (χ1n) is 7.23. The van der Waals surface area contributed by atoms with Gasteiger partial charge in [-0.15, -0.1) is 0 Å². The van der Waals surface area contributed by atoms with E-state index in [1.807, 2.05) is 0 Å². The van der Waals surface area contributed by atoms with Crippen LogP contribution in [0.3, 0.4) is 0 Å². The predicted octanol–water partition coefficient (Wildman–Crippen LogP) is 0.975. The fourth-order valence-corrected chi connectivity index (χ4v) is 2.89. The van der Waals surface area contributed by atoms with Crippen molar-refractivity contribution in [1.29, 1.82) is 0 Å². The molecule has 3 N–H and O–H groups in total. The Bertz CT molecular complexity index is 471. The average Bonchev–Trinajstić information content (AvgIpc) is 2.48. The molecule has 0 saturated carbocycles. The number of hydrazine groups is 1. The molecule has 1 heterocycles. The van der Waals surface area contributed by atoms with Gasteiger partial charge in [-0.2, -0.15) is 0 Å². The van der Waals surface area contributed by atoms with Crippen LogP contribution >= 0.6 is 0 Å². The van der Waals surface area contributed by atoms with Gasteiger partial charge >= 0.3 is 0 Å². The number of nitrogens with two attached hydrogens (primary N) is 1. The number of likely N-dealkylation sites (N-methyl/N-ethyl adjacent to an activating group) is 2. The second-order valence-corrected chi connectivity index (χ2v) is 5.74. The van der Waals surface area contributed by atoms with Crippen molar-refractivity contribution in [3.8, 4) is 5.75 Å². The number of rotatable bonds is 5. The number of piperazine rings is 1. The van der Waals surface area contributed by atoms with Gasteiger partial charge < -0.3 is 14.5 Å². The normalized spacial score (nSPS) is 22.2. The Labute approximate surface area is 125 Å². The van der Waals surface area contributed by atoms with Crippen molar-refractivity contribution in [2.75, 3.05) is 40.8 Å². The Kier molecular flexibility index (Phi) is 5.52. The molecule has 1 aliphatic rings. The van der Waals surface area contributed by atoms with E-state index in [0.717, 1.165) is 31.6 Å². The van der Waals surface area contributed by atoms with E-state index in [9.17, 15) is 4.39 Å². The van der Waals surface area contributed by atoms with Crippen molar-refractivity contribution in [2.24, 2.45) is 5.84 Å². The molecule has 0 aliphatic carbocycles. The van der Waals surface area contributed by atoms with E-state index in [1.165, 1.54) is 12.1 Å². The molecule has 2 rings (SSSR count). The second-order valence-electron chi connectivity index (χ2n) is 5.74. The molecule has 0 amide bonds. The molecule has 0 aromatic heterocycles. The molecule has 21 heavy (non-hydrogen) atoms. The van der Waals surface area contributed by atoms with E-state index < -0.39 is 0 Å². The minimum atomic E-state index is -0.278. The molecule has 2 atom stereocenters. The lowest BCUT2D eigenvalue weighted by Gasteiger charge is -2.39. The summed E-state index contributed by atoms with van der Waals surface area (Å²) in [5.41, 5.74) is 3.58. The lowest BCUT2D eigenvalue weighted by molar-refractivity contribution is 0.101.